The Bertz CT molecular complexity index is 1030. The number of benzene rings is 2. The molecule has 0 atom stereocenters. The molecule has 0 radical (unpaired) electrons. The number of aryl methyl sites for hydroxylation is 1. The van der Waals surface area contributed by atoms with Gasteiger partial charge in [0.15, 0.2) is 11.5 Å². The van der Waals surface area contributed by atoms with E-state index in [0.717, 1.165) is 30.5 Å². The second kappa shape index (κ2) is 10.8. The van der Waals surface area contributed by atoms with Crippen LogP contribution in [0.25, 0.3) is 0 Å². The lowest BCUT2D eigenvalue weighted by molar-refractivity contribution is 0.297. The zero-order valence-corrected chi connectivity index (χ0v) is 17.2. The lowest BCUT2D eigenvalue weighted by Crippen LogP contribution is -2.12. The van der Waals surface area contributed by atoms with Gasteiger partial charge in [0, 0.05) is 18.2 Å². The van der Waals surface area contributed by atoms with Gasteiger partial charge in [-0.25, -0.2) is 10.4 Å². The van der Waals surface area contributed by atoms with Crippen LogP contribution in [0.4, 0.5) is 5.95 Å². The van der Waals surface area contributed by atoms with Crippen LogP contribution in [0.1, 0.15) is 30.2 Å². The quantitative estimate of drug-likeness (QED) is 0.395. The first-order valence-electron chi connectivity index (χ1n) is 9.92. The van der Waals surface area contributed by atoms with Gasteiger partial charge in [0.25, 0.3) is 5.56 Å². The van der Waals surface area contributed by atoms with Crippen LogP contribution in [0, 0.1) is 0 Å². The smallest absolute Gasteiger partial charge is 0.252 e. The third-order valence-electron chi connectivity index (χ3n) is 4.36. The van der Waals surface area contributed by atoms with E-state index in [1.165, 1.54) is 11.6 Å². The van der Waals surface area contributed by atoms with Crippen molar-refractivity contribution < 1.29 is 9.47 Å². The third kappa shape index (κ3) is 6.20. The van der Waals surface area contributed by atoms with Gasteiger partial charge in [0.2, 0.25) is 5.95 Å². The number of methoxy groups -OCH3 is 1. The molecule has 156 valence electrons. The summed E-state index contributed by atoms with van der Waals surface area (Å²) < 4.78 is 11.3. The van der Waals surface area contributed by atoms with Gasteiger partial charge in [-0.1, -0.05) is 43.7 Å². The molecule has 3 aromatic rings. The van der Waals surface area contributed by atoms with Crippen LogP contribution in [0.5, 0.6) is 11.5 Å². The molecule has 0 unspecified atom stereocenters. The van der Waals surface area contributed by atoms with Crippen molar-refractivity contribution >= 4 is 12.2 Å². The summed E-state index contributed by atoms with van der Waals surface area (Å²) in [6, 6.07) is 17.3. The first-order valence-corrected chi connectivity index (χ1v) is 9.92. The second-order valence-corrected chi connectivity index (χ2v) is 6.70. The number of H-pyrrole nitrogens is 1. The van der Waals surface area contributed by atoms with Gasteiger partial charge in [-0.05, 0) is 35.7 Å². The van der Waals surface area contributed by atoms with Gasteiger partial charge in [-0.15, -0.1) is 0 Å². The maximum absolute atomic E-state index is 11.7. The van der Waals surface area contributed by atoms with Crippen molar-refractivity contribution in [3.8, 4) is 11.5 Å². The molecule has 0 aliphatic carbocycles. The summed E-state index contributed by atoms with van der Waals surface area (Å²) in [6.07, 6.45) is 4.10. The van der Waals surface area contributed by atoms with Crippen LogP contribution in [0.2, 0.25) is 0 Å². The van der Waals surface area contributed by atoms with Crippen molar-refractivity contribution in [1.82, 2.24) is 9.97 Å². The summed E-state index contributed by atoms with van der Waals surface area (Å²) in [5.41, 5.74) is 5.34. The molecule has 1 heterocycles. The number of nitrogens with zero attached hydrogens (tertiary/aromatic N) is 2. The predicted molar refractivity (Wildman–Crippen MR) is 119 cm³/mol. The molecule has 7 heteroatoms. The predicted octanol–water partition coefficient (Wildman–Crippen LogP) is 3.80. The first kappa shape index (κ1) is 21.1. The fourth-order valence-electron chi connectivity index (χ4n) is 2.92. The third-order valence-corrected chi connectivity index (χ3v) is 4.36. The van der Waals surface area contributed by atoms with E-state index in [1.54, 1.807) is 13.3 Å². The van der Waals surface area contributed by atoms with Gasteiger partial charge in [-0.2, -0.15) is 5.10 Å². The van der Waals surface area contributed by atoms with Crippen LogP contribution < -0.4 is 20.5 Å². The van der Waals surface area contributed by atoms with E-state index in [1.807, 2.05) is 43.3 Å². The Morgan fingerprint density at radius 2 is 1.93 bits per heavy atom. The number of hydrogen-bond acceptors (Lipinski definition) is 6. The minimum absolute atomic E-state index is 0.204. The maximum atomic E-state index is 11.7. The molecular formula is C23H26N4O3. The van der Waals surface area contributed by atoms with Crippen molar-refractivity contribution in [1.29, 1.82) is 0 Å². The Morgan fingerprint density at radius 3 is 2.70 bits per heavy atom. The molecule has 2 N–H and O–H groups in total. The zero-order valence-electron chi connectivity index (χ0n) is 17.2. The summed E-state index contributed by atoms with van der Waals surface area (Å²) in [5, 5.41) is 4.16. The number of anilines is 1. The van der Waals surface area contributed by atoms with Crippen molar-refractivity contribution in [2.45, 2.75) is 26.2 Å². The molecular weight excluding hydrogens is 380 g/mol. The monoisotopic (exact) mass is 406 g/mol. The summed E-state index contributed by atoms with van der Waals surface area (Å²) >= 11 is 0. The van der Waals surface area contributed by atoms with E-state index in [4.69, 9.17) is 9.47 Å². The molecule has 0 amide bonds. The van der Waals surface area contributed by atoms with Crippen LogP contribution in [0.15, 0.2) is 64.5 Å². The SMILES string of the molecule is CCCc1cc(=O)[nH]c(N/N=C/c2ccc(OCCc3ccccc3)c(OC)c2)n1. The lowest BCUT2D eigenvalue weighted by atomic mass is 10.2. The molecule has 0 bridgehead atoms. The Balaban J connectivity index is 1.61. The van der Waals surface area contributed by atoms with Crippen molar-refractivity contribution in [2.24, 2.45) is 5.10 Å². The Kier molecular flexibility index (Phi) is 7.60. The Morgan fingerprint density at radius 1 is 1.10 bits per heavy atom. The highest BCUT2D eigenvalue weighted by Gasteiger charge is 2.06. The van der Waals surface area contributed by atoms with Crippen LogP contribution in [-0.4, -0.2) is 29.9 Å². The van der Waals surface area contributed by atoms with Crippen LogP contribution in [-0.2, 0) is 12.8 Å². The maximum Gasteiger partial charge on any atom is 0.252 e. The number of ether oxygens (including phenoxy) is 2. The largest absolute Gasteiger partial charge is 0.493 e. The molecule has 7 nitrogen and oxygen atoms in total. The summed E-state index contributed by atoms with van der Waals surface area (Å²) in [6.45, 7) is 2.60. The lowest BCUT2D eigenvalue weighted by Gasteiger charge is -2.11. The number of rotatable bonds is 10. The number of hydrogen-bond donors (Lipinski definition) is 2. The van der Waals surface area contributed by atoms with Crippen LogP contribution >= 0.6 is 0 Å². The summed E-state index contributed by atoms with van der Waals surface area (Å²) in [4.78, 5) is 18.7. The molecule has 30 heavy (non-hydrogen) atoms. The average Bonchev–Trinajstić information content (AvgIpc) is 2.75. The molecule has 3 rings (SSSR count). The Hall–Kier alpha value is -3.61. The summed E-state index contributed by atoms with van der Waals surface area (Å²) in [5.74, 6) is 1.62. The van der Waals surface area contributed by atoms with Crippen LogP contribution in [0.3, 0.4) is 0 Å². The molecule has 0 fully saturated rings. The number of nitrogens with one attached hydrogen (secondary N) is 2. The summed E-state index contributed by atoms with van der Waals surface area (Å²) in [7, 11) is 1.60. The highest BCUT2D eigenvalue weighted by atomic mass is 16.5. The van der Waals surface area contributed by atoms with E-state index in [-0.39, 0.29) is 5.56 Å². The number of aromatic nitrogens is 2. The molecule has 0 saturated carbocycles. The zero-order chi connectivity index (χ0) is 21.2. The normalized spacial score (nSPS) is 10.9. The standard InChI is InChI=1S/C23H26N4O3/c1-3-7-19-15-22(28)26-23(25-19)27-24-16-18-10-11-20(21(14-18)29-2)30-13-12-17-8-5-4-6-9-17/h4-6,8-11,14-16H,3,7,12-13H2,1-2H3,(H2,25,26,27,28)/b24-16+. The Labute approximate surface area is 175 Å². The molecule has 1 aromatic heterocycles. The minimum atomic E-state index is -0.204. The molecule has 0 aliphatic heterocycles. The number of aromatic amines is 1. The van der Waals surface area contributed by atoms with Crippen molar-refractivity contribution in [3.05, 3.63) is 81.8 Å². The fourth-order valence-corrected chi connectivity index (χ4v) is 2.92. The molecule has 0 saturated heterocycles. The van der Waals surface area contributed by atoms with Gasteiger partial charge in [0.1, 0.15) is 0 Å². The average molecular weight is 406 g/mol. The van der Waals surface area contributed by atoms with Gasteiger partial charge in [-0.3, -0.25) is 9.78 Å². The second-order valence-electron chi connectivity index (χ2n) is 6.70. The van der Waals surface area contributed by atoms with E-state index in [2.05, 4.69) is 32.6 Å². The minimum Gasteiger partial charge on any atom is -0.493 e. The first-order chi connectivity index (χ1) is 14.7. The van der Waals surface area contributed by atoms with E-state index in [9.17, 15) is 4.79 Å². The highest BCUT2D eigenvalue weighted by molar-refractivity contribution is 5.81. The van der Waals surface area contributed by atoms with Gasteiger partial charge < -0.3 is 9.47 Å². The van der Waals surface area contributed by atoms with Crippen molar-refractivity contribution in [2.75, 3.05) is 19.1 Å². The molecule has 0 spiro atoms. The topological polar surface area (TPSA) is 88.6 Å². The van der Waals surface area contributed by atoms with Gasteiger partial charge >= 0.3 is 0 Å². The number of hydrazone groups is 1. The molecule has 2 aromatic carbocycles. The highest BCUT2D eigenvalue weighted by Crippen LogP contribution is 2.27. The van der Waals surface area contributed by atoms with Gasteiger partial charge in [0.05, 0.1) is 19.9 Å². The fraction of sp³-hybridized carbons (Fsp3) is 0.261. The van der Waals surface area contributed by atoms with E-state index in [0.29, 0.717) is 24.1 Å². The van der Waals surface area contributed by atoms with E-state index >= 15 is 0 Å². The van der Waals surface area contributed by atoms with Crippen molar-refractivity contribution in [3.63, 3.8) is 0 Å². The molecule has 0 aliphatic rings. The van der Waals surface area contributed by atoms with E-state index < -0.39 is 0 Å².